The number of carbonyl (C=O) groups is 2. The molecule has 0 unspecified atom stereocenters. The van der Waals surface area contributed by atoms with Crippen molar-refractivity contribution in [1.29, 1.82) is 0 Å². The molecule has 1 atom stereocenters. The highest BCUT2D eigenvalue weighted by molar-refractivity contribution is 6.30. The maximum absolute atomic E-state index is 12.6. The zero-order chi connectivity index (χ0) is 18.2. The number of benzene rings is 1. The van der Waals surface area contributed by atoms with E-state index in [1.165, 1.54) is 0 Å². The predicted octanol–water partition coefficient (Wildman–Crippen LogP) is 1.78. The Morgan fingerprint density at radius 2 is 2.08 bits per heavy atom. The van der Waals surface area contributed by atoms with E-state index < -0.39 is 6.10 Å². The van der Waals surface area contributed by atoms with Crippen LogP contribution >= 0.6 is 11.6 Å². The van der Waals surface area contributed by atoms with Gasteiger partial charge in [0.15, 0.2) is 6.10 Å². The maximum Gasteiger partial charge on any atom is 0.263 e. The highest BCUT2D eigenvalue weighted by atomic mass is 35.5. The number of nitrogens with zero attached hydrogens (tertiary/aromatic N) is 2. The van der Waals surface area contributed by atoms with E-state index in [1.54, 1.807) is 31.2 Å². The smallest absolute Gasteiger partial charge is 0.263 e. The molecule has 1 fully saturated rings. The van der Waals surface area contributed by atoms with Crippen molar-refractivity contribution in [2.24, 2.45) is 0 Å². The van der Waals surface area contributed by atoms with E-state index in [2.05, 4.69) is 10.2 Å². The Morgan fingerprint density at radius 1 is 1.28 bits per heavy atom. The number of carbonyl (C=O) groups excluding carboxylic acids is 2. The van der Waals surface area contributed by atoms with Gasteiger partial charge in [0.05, 0.1) is 6.54 Å². The summed E-state index contributed by atoms with van der Waals surface area (Å²) >= 11 is 5.94. The van der Waals surface area contributed by atoms with Gasteiger partial charge in [0.1, 0.15) is 5.75 Å². The van der Waals surface area contributed by atoms with Crippen molar-refractivity contribution in [3.8, 4) is 5.75 Å². The van der Waals surface area contributed by atoms with Crippen molar-refractivity contribution < 1.29 is 14.3 Å². The Bertz CT molecular complexity index is 597. The first-order valence-electron chi connectivity index (χ1n) is 8.69. The first-order valence-corrected chi connectivity index (χ1v) is 9.07. The normalized spacial score (nSPS) is 16.8. The van der Waals surface area contributed by atoms with Gasteiger partial charge in [-0.25, -0.2) is 0 Å². The van der Waals surface area contributed by atoms with Gasteiger partial charge >= 0.3 is 0 Å². The molecule has 2 rings (SSSR count). The van der Waals surface area contributed by atoms with E-state index >= 15 is 0 Å². The fourth-order valence-electron chi connectivity index (χ4n) is 2.86. The number of ether oxygens (including phenoxy) is 1. The molecule has 1 aliphatic rings. The summed E-state index contributed by atoms with van der Waals surface area (Å²) in [4.78, 5) is 28.3. The van der Waals surface area contributed by atoms with Gasteiger partial charge in [-0.1, -0.05) is 17.7 Å². The topological polar surface area (TPSA) is 61.9 Å². The quantitative estimate of drug-likeness (QED) is 0.832. The van der Waals surface area contributed by atoms with E-state index in [0.29, 0.717) is 43.5 Å². The lowest BCUT2D eigenvalue weighted by Gasteiger charge is -2.25. The van der Waals surface area contributed by atoms with Gasteiger partial charge in [0.2, 0.25) is 5.91 Å². The predicted molar refractivity (Wildman–Crippen MR) is 97.9 cm³/mol. The third kappa shape index (κ3) is 6.21. The van der Waals surface area contributed by atoms with Crippen molar-refractivity contribution >= 4 is 23.4 Å². The van der Waals surface area contributed by atoms with E-state index in [1.807, 2.05) is 11.8 Å². The molecule has 1 aliphatic heterocycles. The molecule has 1 N–H and O–H groups in total. The second-order valence-corrected chi connectivity index (χ2v) is 6.56. The molecular formula is C18H26ClN3O3. The van der Waals surface area contributed by atoms with Gasteiger partial charge in [-0.2, -0.15) is 0 Å². The molecule has 0 bridgehead atoms. The molecule has 0 radical (unpaired) electrons. The summed E-state index contributed by atoms with van der Waals surface area (Å²) in [7, 11) is 0. The van der Waals surface area contributed by atoms with Crippen LogP contribution in [0.2, 0.25) is 5.02 Å². The molecule has 1 heterocycles. The average molecular weight is 368 g/mol. The van der Waals surface area contributed by atoms with E-state index in [0.717, 1.165) is 13.0 Å². The van der Waals surface area contributed by atoms with Crippen LogP contribution in [0.4, 0.5) is 0 Å². The molecule has 1 aromatic carbocycles. The maximum atomic E-state index is 12.6. The van der Waals surface area contributed by atoms with E-state index in [-0.39, 0.29) is 11.8 Å². The van der Waals surface area contributed by atoms with Crippen molar-refractivity contribution in [2.45, 2.75) is 26.4 Å². The fraction of sp³-hybridized carbons (Fsp3) is 0.556. The highest BCUT2D eigenvalue weighted by Gasteiger charge is 2.25. The Morgan fingerprint density at radius 3 is 2.80 bits per heavy atom. The van der Waals surface area contributed by atoms with Crippen LogP contribution in [0.3, 0.4) is 0 Å². The lowest BCUT2D eigenvalue weighted by Crippen LogP contribution is -2.43. The molecule has 2 amide bonds. The minimum Gasteiger partial charge on any atom is -0.481 e. The standard InChI is InChI=1S/C18H26ClN3O3/c1-3-20-17(23)13-21-8-5-9-22(11-10-21)18(24)14(2)25-16-7-4-6-15(19)12-16/h4,6-7,12,14H,3,5,8-11,13H2,1-2H3,(H,20,23)/t14-/m1/s1. The summed E-state index contributed by atoms with van der Waals surface area (Å²) in [6, 6.07) is 7.03. The van der Waals surface area contributed by atoms with Gasteiger partial charge in [-0.3, -0.25) is 14.5 Å². The van der Waals surface area contributed by atoms with Crippen LogP contribution in [0.25, 0.3) is 0 Å². The van der Waals surface area contributed by atoms with Gasteiger partial charge in [0, 0.05) is 37.7 Å². The average Bonchev–Trinajstić information content (AvgIpc) is 2.80. The van der Waals surface area contributed by atoms with Crippen LogP contribution in [0, 0.1) is 0 Å². The van der Waals surface area contributed by atoms with E-state index in [4.69, 9.17) is 16.3 Å². The van der Waals surface area contributed by atoms with Crippen molar-refractivity contribution in [2.75, 3.05) is 39.3 Å². The number of hydrogen-bond acceptors (Lipinski definition) is 4. The van der Waals surface area contributed by atoms with Crippen LogP contribution in [0.15, 0.2) is 24.3 Å². The zero-order valence-electron chi connectivity index (χ0n) is 14.8. The summed E-state index contributed by atoms with van der Waals surface area (Å²) in [5, 5.41) is 3.38. The SMILES string of the molecule is CCNC(=O)CN1CCCN(C(=O)[C@@H](C)Oc2cccc(Cl)c2)CC1. The number of nitrogens with one attached hydrogen (secondary N) is 1. The Labute approximate surface area is 154 Å². The number of rotatable bonds is 6. The Hall–Kier alpha value is -1.79. The summed E-state index contributed by atoms with van der Waals surface area (Å²) in [6.45, 7) is 7.44. The lowest BCUT2D eigenvalue weighted by molar-refractivity contribution is -0.137. The first-order chi connectivity index (χ1) is 12.0. The van der Waals surface area contributed by atoms with Crippen molar-refractivity contribution in [3.63, 3.8) is 0 Å². The lowest BCUT2D eigenvalue weighted by atomic mass is 10.3. The van der Waals surface area contributed by atoms with Gasteiger partial charge < -0.3 is 15.0 Å². The largest absolute Gasteiger partial charge is 0.481 e. The zero-order valence-corrected chi connectivity index (χ0v) is 15.6. The molecule has 1 saturated heterocycles. The fourth-order valence-corrected chi connectivity index (χ4v) is 3.04. The van der Waals surface area contributed by atoms with Crippen LogP contribution < -0.4 is 10.1 Å². The minimum absolute atomic E-state index is 0.0277. The highest BCUT2D eigenvalue weighted by Crippen LogP contribution is 2.19. The van der Waals surface area contributed by atoms with Crippen LogP contribution in [0.5, 0.6) is 5.75 Å². The van der Waals surface area contributed by atoms with Crippen LogP contribution in [-0.2, 0) is 9.59 Å². The first kappa shape index (κ1) is 19.5. The summed E-state index contributed by atoms with van der Waals surface area (Å²) in [5.41, 5.74) is 0. The molecule has 0 aliphatic carbocycles. The summed E-state index contributed by atoms with van der Waals surface area (Å²) < 4.78 is 5.72. The molecule has 7 heteroatoms. The minimum atomic E-state index is -0.576. The second-order valence-electron chi connectivity index (χ2n) is 6.13. The molecule has 0 aromatic heterocycles. The van der Waals surface area contributed by atoms with Gasteiger partial charge in [0.25, 0.3) is 5.91 Å². The van der Waals surface area contributed by atoms with E-state index in [9.17, 15) is 9.59 Å². The monoisotopic (exact) mass is 367 g/mol. The third-order valence-corrected chi connectivity index (χ3v) is 4.33. The third-order valence-electron chi connectivity index (χ3n) is 4.10. The number of amides is 2. The summed E-state index contributed by atoms with van der Waals surface area (Å²) in [6.07, 6.45) is 0.267. The second kappa shape index (κ2) is 9.63. The molecule has 25 heavy (non-hydrogen) atoms. The number of halogens is 1. The Kier molecular flexibility index (Phi) is 7.52. The molecule has 138 valence electrons. The van der Waals surface area contributed by atoms with Crippen LogP contribution in [-0.4, -0.2) is 67.0 Å². The Balaban J connectivity index is 1.86. The van der Waals surface area contributed by atoms with Crippen molar-refractivity contribution in [1.82, 2.24) is 15.1 Å². The van der Waals surface area contributed by atoms with Gasteiger partial charge in [-0.05, 0) is 38.5 Å². The van der Waals surface area contributed by atoms with Crippen molar-refractivity contribution in [3.05, 3.63) is 29.3 Å². The van der Waals surface area contributed by atoms with Gasteiger partial charge in [-0.15, -0.1) is 0 Å². The molecule has 0 saturated carbocycles. The summed E-state index contributed by atoms with van der Waals surface area (Å²) in [5.74, 6) is 0.570. The number of likely N-dealkylation sites (N-methyl/N-ethyl adjacent to an activating group) is 1. The van der Waals surface area contributed by atoms with Crippen LogP contribution in [0.1, 0.15) is 20.3 Å². The molecule has 6 nitrogen and oxygen atoms in total. The number of hydrogen-bond donors (Lipinski definition) is 1. The molecular weight excluding hydrogens is 342 g/mol. The molecule has 0 spiro atoms. The molecule has 1 aromatic rings.